The van der Waals surface area contributed by atoms with Crippen molar-refractivity contribution in [2.75, 3.05) is 5.75 Å². The van der Waals surface area contributed by atoms with Crippen LogP contribution in [0.2, 0.25) is 5.02 Å². The Morgan fingerprint density at radius 2 is 2.00 bits per heavy atom. The molecule has 8 nitrogen and oxygen atoms in total. The molecule has 134 valence electrons. The highest BCUT2D eigenvalue weighted by molar-refractivity contribution is 7.99. The largest absolute Gasteiger partial charge is 0.272 e. The van der Waals surface area contributed by atoms with Gasteiger partial charge >= 0.3 is 0 Å². The van der Waals surface area contributed by atoms with Gasteiger partial charge in [0.1, 0.15) is 0 Å². The lowest BCUT2D eigenvalue weighted by molar-refractivity contribution is -0.119. The van der Waals surface area contributed by atoms with E-state index in [2.05, 4.69) is 25.9 Å². The number of hydrogen-bond acceptors (Lipinski definition) is 6. The van der Waals surface area contributed by atoms with Gasteiger partial charge in [0.25, 0.3) is 11.7 Å². The van der Waals surface area contributed by atoms with Crippen molar-refractivity contribution in [3.05, 3.63) is 52.3 Å². The van der Waals surface area contributed by atoms with Crippen LogP contribution in [0, 0.1) is 13.8 Å². The fraction of sp³-hybridized carbons (Fsp3) is 0.188. The van der Waals surface area contributed by atoms with Gasteiger partial charge in [-0.25, -0.2) is 9.50 Å². The highest BCUT2D eigenvalue weighted by Gasteiger charge is 2.12. The van der Waals surface area contributed by atoms with E-state index in [1.54, 1.807) is 22.7 Å². The average molecular weight is 391 g/mol. The Bertz CT molecular complexity index is 990. The number of halogens is 1. The molecule has 0 aliphatic rings. The minimum atomic E-state index is -0.452. The molecule has 2 aromatic heterocycles. The molecule has 0 radical (unpaired) electrons. The number of hydrogen-bond donors (Lipinski definition) is 2. The fourth-order valence-corrected chi connectivity index (χ4v) is 3.01. The van der Waals surface area contributed by atoms with Gasteiger partial charge in [-0.05, 0) is 38.1 Å². The first-order chi connectivity index (χ1) is 12.4. The van der Waals surface area contributed by atoms with Crippen LogP contribution in [0.1, 0.15) is 21.7 Å². The van der Waals surface area contributed by atoms with Crippen molar-refractivity contribution < 1.29 is 9.59 Å². The van der Waals surface area contributed by atoms with E-state index in [1.165, 1.54) is 6.07 Å². The molecule has 2 amide bonds. The van der Waals surface area contributed by atoms with Crippen molar-refractivity contribution in [1.29, 1.82) is 0 Å². The number of benzene rings is 1. The van der Waals surface area contributed by atoms with Gasteiger partial charge in [-0.1, -0.05) is 29.4 Å². The standard InChI is InChI=1S/C16H15ClN6O2S/c1-9-6-10(2)23-15(18-9)19-16(22-23)26-8-13(24)20-21-14(25)11-4-3-5-12(17)7-11/h3-7H,8H2,1-2H3,(H,20,24)(H,21,25). The number of nitrogens with zero attached hydrogens (tertiary/aromatic N) is 4. The maximum atomic E-state index is 11.9. The zero-order valence-electron chi connectivity index (χ0n) is 14.0. The smallest absolute Gasteiger partial charge is 0.269 e. The van der Waals surface area contributed by atoms with E-state index in [1.807, 2.05) is 19.9 Å². The van der Waals surface area contributed by atoms with Crippen LogP contribution in [-0.2, 0) is 4.79 Å². The lowest BCUT2D eigenvalue weighted by Gasteiger charge is -2.06. The third-order valence-corrected chi connectivity index (χ3v) is 4.41. The van der Waals surface area contributed by atoms with Crippen LogP contribution < -0.4 is 10.9 Å². The quantitative estimate of drug-likeness (QED) is 0.521. The zero-order chi connectivity index (χ0) is 18.7. The first-order valence-electron chi connectivity index (χ1n) is 7.61. The number of aromatic nitrogens is 4. The lowest BCUT2D eigenvalue weighted by atomic mass is 10.2. The van der Waals surface area contributed by atoms with E-state index in [0.29, 0.717) is 21.5 Å². The summed E-state index contributed by atoms with van der Waals surface area (Å²) < 4.78 is 1.62. The van der Waals surface area contributed by atoms with E-state index >= 15 is 0 Å². The Hall–Kier alpha value is -2.65. The van der Waals surface area contributed by atoms with E-state index in [0.717, 1.165) is 23.1 Å². The molecular weight excluding hydrogens is 376 g/mol. The van der Waals surface area contributed by atoms with Crippen LogP contribution >= 0.6 is 23.4 Å². The van der Waals surface area contributed by atoms with E-state index in [9.17, 15) is 9.59 Å². The summed E-state index contributed by atoms with van der Waals surface area (Å²) in [5.74, 6) is -0.304. The molecule has 2 heterocycles. The highest BCUT2D eigenvalue weighted by Crippen LogP contribution is 2.15. The Morgan fingerprint density at radius 3 is 2.77 bits per heavy atom. The van der Waals surface area contributed by atoms with E-state index < -0.39 is 5.91 Å². The number of fused-ring (bicyclic) bond motifs is 1. The third-order valence-electron chi connectivity index (χ3n) is 3.33. The van der Waals surface area contributed by atoms with Gasteiger partial charge in [0.05, 0.1) is 5.75 Å². The summed E-state index contributed by atoms with van der Waals surface area (Å²) in [6, 6.07) is 8.32. The van der Waals surface area contributed by atoms with Crippen LogP contribution in [0.4, 0.5) is 0 Å². The number of carbonyl (C=O) groups excluding carboxylic acids is 2. The molecule has 0 fully saturated rings. The molecule has 10 heteroatoms. The van der Waals surface area contributed by atoms with Crippen LogP contribution in [0.25, 0.3) is 5.78 Å². The summed E-state index contributed by atoms with van der Waals surface area (Å²) >= 11 is 6.98. The van der Waals surface area contributed by atoms with Gasteiger partial charge < -0.3 is 0 Å². The number of hydrazine groups is 1. The fourth-order valence-electron chi connectivity index (χ4n) is 2.20. The minimum absolute atomic E-state index is 0.0464. The van der Waals surface area contributed by atoms with Crippen LogP contribution in [-0.4, -0.2) is 37.1 Å². The summed E-state index contributed by atoms with van der Waals surface area (Å²) in [6.07, 6.45) is 0. The predicted octanol–water partition coefficient (Wildman–Crippen LogP) is 1.95. The zero-order valence-corrected chi connectivity index (χ0v) is 15.6. The summed E-state index contributed by atoms with van der Waals surface area (Å²) in [6.45, 7) is 3.79. The summed E-state index contributed by atoms with van der Waals surface area (Å²) in [5.41, 5.74) is 6.79. The first kappa shape index (κ1) is 18.2. The van der Waals surface area contributed by atoms with Crippen LogP contribution in [0.3, 0.4) is 0 Å². The van der Waals surface area contributed by atoms with Gasteiger partial charge in [0, 0.05) is 22.0 Å². The number of thioether (sulfide) groups is 1. The molecule has 2 N–H and O–H groups in total. The minimum Gasteiger partial charge on any atom is -0.272 e. The number of carbonyl (C=O) groups is 2. The predicted molar refractivity (Wildman–Crippen MR) is 98.0 cm³/mol. The molecule has 0 saturated heterocycles. The lowest BCUT2D eigenvalue weighted by Crippen LogP contribution is -2.42. The molecule has 0 spiro atoms. The van der Waals surface area contributed by atoms with Crippen molar-refractivity contribution in [2.24, 2.45) is 0 Å². The van der Waals surface area contributed by atoms with Gasteiger partial charge in [-0.3, -0.25) is 20.4 Å². The van der Waals surface area contributed by atoms with Gasteiger partial charge in [0.2, 0.25) is 11.1 Å². The van der Waals surface area contributed by atoms with Crippen LogP contribution in [0.15, 0.2) is 35.5 Å². The number of aryl methyl sites for hydroxylation is 2. The van der Waals surface area contributed by atoms with Gasteiger partial charge in [-0.15, -0.1) is 5.10 Å². The van der Waals surface area contributed by atoms with Gasteiger partial charge in [0.15, 0.2) is 0 Å². The second-order valence-electron chi connectivity index (χ2n) is 5.45. The molecule has 26 heavy (non-hydrogen) atoms. The molecule has 0 atom stereocenters. The molecule has 1 aromatic carbocycles. The second-order valence-corrected chi connectivity index (χ2v) is 6.83. The Kier molecular flexibility index (Phi) is 5.38. The molecular formula is C16H15ClN6O2S. The van der Waals surface area contributed by atoms with Crippen molar-refractivity contribution in [3.8, 4) is 0 Å². The van der Waals surface area contributed by atoms with Crippen molar-refractivity contribution in [2.45, 2.75) is 19.0 Å². The number of rotatable bonds is 4. The Labute approximate surface area is 158 Å². The topological polar surface area (TPSA) is 101 Å². The second kappa shape index (κ2) is 7.71. The molecule has 0 aliphatic heterocycles. The summed E-state index contributed by atoms with van der Waals surface area (Å²) in [4.78, 5) is 32.4. The maximum absolute atomic E-state index is 11.9. The van der Waals surface area contributed by atoms with E-state index in [4.69, 9.17) is 11.6 Å². The van der Waals surface area contributed by atoms with Gasteiger partial charge in [-0.2, -0.15) is 4.98 Å². The molecule has 0 aliphatic carbocycles. The Morgan fingerprint density at radius 1 is 1.19 bits per heavy atom. The normalized spacial score (nSPS) is 10.7. The molecule has 0 unspecified atom stereocenters. The van der Waals surface area contributed by atoms with E-state index in [-0.39, 0.29) is 11.7 Å². The third kappa shape index (κ3) is 4.30. The summed E-state index contributed by atoms with van der Waals surface area (Å²) in [5, 5.41) is 5.18. The molecule has 3 aromatic rings. The Balaban J connectivity index is 1.54. The highest BCUT2D eigenvalue weighted by atomic mass is 35.5. The number of nitrogens with one attached hydrogen (secondary N) is 2. The summed E-state index contributed by atoms with van der Waals surface area (Å²) in [7, 11) is 0. The van der Waals surface area contributed by atoms with Crippen molar-refractivity contribution in [3.63, 3.8) is 0 Å². The first-order valence-corrected chi connectivity index (χ1v) is 8.97. The van der Waals surface area contributed by atoms with Crippen molar-refractivity contribution >= 4 is 41.0 Å². The molecule has 0 saturated carbocycles. The average Bonchev–Trinajstić information content (AvgIpc) is 3.01. The SMILES string of the molecule is Cc1cc(C)n2nc(SCC(=O)NNC(=O)c3cccc(Cl)c3)nc2n1. The maximum Gasteiger partial charge on any atom is 0.269 e. The molecule has 0 bridgehead atoms. The number of amides is 2. The van der Waals surface area contributed by atoms with Crippen molar-refractivity contribution in [1.82, 2.24) is 30.4 Å². The monoisotopic (exact) mass is 390 g/mol. The molecule has 3 rings (SSSR count). The van der Waals surface area contributed by atoms with Crippen LogP contribution in [0.5, 0.6) is 0 Å².